The highest BCUT2D eigenvalue weighted by atomic mass is 16.5. The van der Waals surface area contributed by atoms with E-state index in [4.69, 9.17) is 9.84 Å². The predicted octanol–water partition coefficient (Wildman–Crippen LogP) is 4.02. The number of hydrogen-bond donors (Lipinski definition) is 2. The van der Waals surface area contributed by atoms with Crippen molar-refractivity contribution >= 4 is 18.0 Å². The standard InChI is InChI=1S/C26H30N2O5/c1-17(7-6-12-24(29)28-14-18(15-28)13-25(30)31)27-26(32)33-16-23-21-10-4-2-8-19(21)20-9-3-5-11-22(20)23/h2-5,8-11,17-18,23H,6-7,12-16H2,1H3,(H,27,32)(H,30,31). The van der Waals surface area contributed by atoms with E-state index in [0.29, 0.717) is 32.4 Å². The van der Waals surface area contributed by atoms with Gasteiger partial charge in [-0.05, 0) is 42.0 Å². The van der Waals surface area contributed by atoms with E-state index in [2.05, 4.69) is 29.6 Å². The van der Waals surface area contributed by atoms with Crippen LogP contribution < -0.4 is 5.32 Å². The fraction of sp³-hybridized carbons (Fsp3) is 0.423. The van der Waals surface area contributed by atoms with Crippen molar-refractivity contribution in [1.82, 2.24) is 10.2 Å². The maximum atomic E-state index is 12.4. The number of likely N-dealkylation sites (tertiary alicyclic amines) is 1. The number of alkyl carbamates (subject to hydrolysis) is 1. The van der Waals surface area contributed by atoms with Gasteiger partial charge in [-0.1, -0.05) is 48.5 Å². The van der Waals surface area contributed by atoms with Crippen LogP contribution in [0.3, 0.4) is 0 Å². The summed E-state index contributed by atoms with van der Waals surface area (Å²) >= 11 is 0. The van der Waals surface area contributed by atoms with E-state index >= 15 is 0 Å². The minimum atomic E-state index is -0.819. The van der Waals surface area contributed by atoms with Gasteiger partial charge in [0.05, 0.1) is 6.42 Å². The average molecular weight is 451 g/mol. The van der Waals surface area contributed by atoms with Crippen LogP contribution >= 0.6 is 0 Å². The van der Waals surface area contributed by atoms with Crippen molar-refractivity contribution in [2.24, 2.45) is 5.92 Å². The lowest BCUT2D eigenvalue weighted by atomic mass is 9.95. The smallest absolute Gasteiger partial charge is 0.407 e. The lowest BCUT2D eigenvalue weighted by Crippen LogP contribution is -2.50. The van der Waals surface area contributed by atoms with Crippen LogP contribution in [0.1, 0.15) is 49.7 Å². The second kappa shape index (κ2) is 10.1. The van der Waals surface area contributed by atoms with Gasteiger partial charge in [0.25, 0.3) is 0 Å². The van der Waals surface area contributed by atoms with E-state index in [1.165, 1.54) is 22.3 Å². The highest BCUT2D eigenvalue weighted by Gasteiger charge is 2.32. The number of carboxylic acids is 1. The number of fused-ring (bicyclic) bond motifs is 3. The summed E-state index contributed by atoms with van der Waals surface area (Å²) in [6, 6.07) is 16.3. The number of ether oxygens (including phenoxy) is 1. The maximum absolute atomic E-state index is 12.4. The molecule has 0 radical (unpaired) electrons. The summed E-state index contributed by atoms with van der Waals surface area (Å²) in [7, 11) is 0. The van der Waals surface area contributed by atoms with Crippen molar-refractivity contribution in [3.63, 3.8) is 0 Å². The van der Waals surface area contributed by atoms with Crippen molar-refractivity contribution < 1.29 is 24.2 Å². The SMILES string of the molecule is CC(CCCC(=O)N1CC(CC(=O)O)C1)NC(=O)OCC1c2ccccc2-c2ccccc21. The van der Waals surface area contributed by atoms with Crippen molar-refractivity contribution in [3.05, 3.63) is 59.7 Å². The summed E-state index contributed by atoms with van der Waals surface area (Å²) in [5.74, 6) is -0.677. The molecule has 174 valence electrons. The molecule has 0 aromatic heterocycles. The number of nitrogens with zero attached hydrogens (tertiary/aromatic N) is 1. The Morgan fingerprint density at radius 2 is 1.67 bits per heavy atom. The number of carbonyl (C=O) groups excluding carboxylic acids is 2. The molecule has 33 heavy (non-hydrogen) atoms. The number of benzene rings is 2. The lowest BCUT2D eigenvalue weighted by Gasteiger charge is -2.38. The van der Waals surface area contributed by atoms with Crippen molar-refractivity contribution in [1.29, 1.82) is 0 Å². The van der Waals surface area contributed by atoms with Crippen LogP contribution in [0, 0.1) is 5.92 Å². The molecular formula is C26H30N2O5. The first-order valence-electron chi connectivity index (χ1n) is 11.5. The first-order chi connectivity index (χ1) is 15.9. The molecule has 0 spiro atoms. The number of nitrogens with one attached hydrogen (secondary N) is 1. The summed E-state index contributed by atoms with van der Waals surface area (Å²) in [4.78, 5) is 36.9. The molecule has 7 heteroatoms. The topological polar surface area (TPSA) is 95.9 Å². The lowest BCUT2D eigenvalue weighted by molar-refractivity contribution is -0.145. The molecule has 2 aliphatic rings. The van der Waals surface area contributed by atoms with Gasteiger partial charge in [0.15, 0.2) is 0 Å². The molecule has 1 aliphatic carbocycles. The molecule has 1 aliphatic heterocycles. The Labute approximate surface area is 193 Å². The fourth-order valence-corrected chi connectivity index (χ4v) is 4.78. The molecule has 0 saturated carbocycles. The quantitative estimate of drug-likeness (QED) is 0.602. The van der Waals surface area contributed by atoms with Crippen LogP contribution in [0.2, 0.25) is 0 Å². The normalized spacial score (nSPS) is 15.8. The Morgan fingerprint density at radius 3 is 2.27 bits per heavy atom. The third-order valence-corrected chi connectivity index (χ3v) is 6.51. The highest BCUT2D eigenvalue weighted by molar-refractivity contribution is 5.79. The zero-order valence-corrected chi connectivity index (χ0v) is 18.8. The number of carboxylic acid groups (broad SMARTS) is 1. The van der Waals surface area contributed by atoms with E-state index in [1.807, 2.05) is 31.2 Å². The average Bonchev–Trinajstić information content (AvgIpc) is 3.08. The zero-order valence-electron chi connectivity index (χ0n) is 18.8. The van der Waals surface area contributed by atoms with Gasteiger partial charge in [0.2, 0.25) is 5.91 Å². The van der Waals surface area contributed by atoms with E-state index in [1.54, 1.807) is 4.90 Å². The maximum Gasteiger partial charge on any atom is 0.407 e. The van der Waals surface area contributed by atoms with E-state index in [9.17, 15) is 14.4 Å². The van der Waals surface area contributed by atoms with Crippen LogP contribution in [-0.2, 0) is 14.3 Å². The second-order valence-corrected chi connectivity index (χ2v) is 9.03. The van der Waals surface area contributed by atoms with Gasteiger partial charge in [-0.25, -0.2) is 4.79 Å². The molecule has 7 nitrogen and oxygen atoms in total. The number of carbonyl (C=O) groups is 3. The molecule has 1 saturated heterocycles. The van der Waals surface area contributed by atoms with Gasteiger partial charge >= 0.3 is 12.1 Å². The summed E-state index contributed by atoms with van der Waals surface area (Å²) < 4.78 is 5.57. The number of amides is 2. The first-order valence-corrected chi connectivity index (χ1v) is 11.5. The van der Waals surface area contributed by atoms with Crippen LogP contribution in [0.25, 0.3) is 11.1 Å². The minimum Gasteiger partial charge on any atom is -0.481 e. The van der Waals surface area contributed by atoms with E-state index < -0.39 is 12.1 Å². The number of rotatable bonds is 9. The van der Waals surface area contributed by atoms with Gasteiger partial charge < -0.3 is 20.1 Å². The molecule has 1 heterocycles. The Hall–Kier alpha value is -3.35. The van der Waals surface area contributed by atoms with Crippen molar-refractivity contribution in [3.8, 4) is 11.1 Å². The Balaban J connectivity index is 1.18. The molecule has 1 unspecified atom stereocenters. The highest BCUT2D eigenvalue weighted by Crippen LogP contribution is 2.44. The molecule has 2 aromatic carbocycles. The second-order valence-electron chi connectivity index (χ2n) is 9.03. The minimum absolute atomic E-state index is 0.0255. The van der Waals surface area contributed by atoms with Gasteiger partial charge in [0.1, 0.15) is 6.61 Å². The van der Waals surface area contributed by atoms with Crippen LogP contribution in [0.15, 0.2) is 48.5 Å². The third kappa shape index (κ3) is 5.35. The molecular weight excluding hydrogens is 420 g/mol. The predicted molar refractivity (Wildman–Crippen MR) is 124 cm³/mol. The van der Waals surface area contributed by atoms with Crippen molar-refractivity contribution in [2.75, 3.05) is 19.7 Å². The summed E-state index contributed by atoms with van der Waals surface area (Å²) in [5, 5.41) is 11.6. The summed E-state index contributed by atoms with van der Waals surface area (Å²) in [6.07, 6.45) is 1.39. The van der Waals surface area contributed by atoms with Gasteiger partial charge in [-0.2, -0.15) is 0 Å². The molecule has 2 aromatic rings. The Bertz CT molecular complexity index is 985. The molecule has 1 atom stereocenters. The number of aliphatic carboxylic acids is 1. The third-order valence-electron chi connectivity index (χ3n) is 6.51. The van der Waals surface area contributed by atoms with Gasteiger partial charge in [-0.15, -0.1) is 0 Å². The van der Waals surface area contributed by atoms with Crippen LogP contribution in [0.5, 0.6) is 0 Å². The Kier molecular flexibility index (Phi) is 6.96. The Morgan fingerprint density at radius 1 is 1.06 bits per heavy atom. The van der Waals surface area contributed by atoms with E-state index in [-0.39, 0.29) is 36.8 Å². The largest absolute Gasteiger partial charge is 0.481 e. The molecule has 1 fully saturated rings. The first kappa shape index (κ1) is 22.8. The summed E-state index contributed by atoms with van der Waals surface area (Å²) in [5.41, 5.74) is 4.73. The molecule has 4 rings (SSSR count). The number of hydrogen-bond acceptors (Lipinski definition) is 4. The fourth-order valence-electron chi connectivity index (χ4n) is 4.78. The molecule has 2 amide bonds. The van der Waals surface area contributed by atoms with E-state index in [0.717, 1.165) is 0 Å². The monoisotopic (exact) mass is 450 g/mol. The summed E-state index contributed by atoms with van der Waals surface area (Å²) in [6.45, 7) is 3.23. The molecule has 0 bridgehead atoms. The van der Waals surface area contributed by atoms with Crippen LogP contribution in [0.4, 0.5) is 4.79 Å². The van der Waals surface area contributed by atoms with Gasteiger partial charge in [0, 0.05) is 37.4 Å². The van der Waals surface area contributed by atoms with Gasteiger partial charge in [-0.3, -0.25) is 9.59 Å². The zero-order chi connectivity index (χ0) is 23.4. The van der Waals surface area contributed by atoms with Crippen molar-refractivity contribution in [2.45, 2.75) is 44.6 Å². The van der Waals surface area contributed by atoms with Crippen LogP contribution in [-0.4, -0.2) is 53.7 Å². The molecule has 2 N–H and O–H groups in total.